The van der Waals surface area contributed by atoms with Crippen molar-refractivity contribution in [1.82, 2.24) is 0 Å². The van der Waals surface area contributed by atoms with Gasteiger partial charge >= 0.3 is 11.9 Å². The van der Waals surface area contributed by atoms with E-state index in [0.29, 0.717) is 96.0 Å². The van der Waals surface area contributed by atoms with Crippen LogP contribution in [0.25, 0.3) is 0 Å². The lowest BCUT2D eigenvalue weighted by Gasteiger charge is -2.36. The lowest BCUT2D eigenvalue weighted by Crippen LogP contribution is -2.50. The molecule has 0 aliphatic rings. The van der Waals surface area contributed by atoms with Crippen LogP contribution in [0.2, 0.25) is 0 Å². The normalized spacial score (nSPS) is 12.3. The molecule has 22 heteroatoms. The first kappa shape index (κ1) is 51.8. The molecule has 0 aliphatic carbocycles. The van der Waals surface area contributed by atoms with Crippen molar-refractivity contribution in [2.24, 2.45) is 10.2 Å². The Kier molecular flexibility index (Phi) is 23.5. The molecule has 0 radical (unpaired) electrons. The highest BCUT2D eigenvalue weighted by Crippen LogP contribution is 2.40. The number of hydrogen-bond donors (Lipinski definition) is 2. The maximum Gasteiger partial charge on any atom is 0.348 e. The standard InChI is InChI=1S/C37H60N4O15S3/c1-7-40(15-18-51-20-22-53-24-25-54-23-21-52-19-17-41(8-2,9-3)16-12-26-58(44,45)46)29-13-14-31(32(27-29)50-6)38-39-35-33(36(42)55-10-4)30(28-59(47,48)49)34(57-35)37(43)56-11-5/h13-14,27H,7-12,15-26,28H2,1-6H3,(H-,44,45,46,47,48,49)/p+1. The van der Waals surface area contributed by atoms with Crippen molar-refractivity contribution >= 4 is 59.9 Å². The van der Waals surface area contributed by atoms with E-state index in [9.17, 15) is 31.0 Å². The van der Waals surface area contributed by atoms with Gasteiger partial charge in [0.15, 0.2) is 5.00 Å². The molecule has 0 atom stereocenters. The van der Waals surface area contributed by atoms with E-state index in [0.717, 1.165) is 29.8 Å². The summed E-state index contributed by atoms with van der Waals surface area (Å²) in [5, 5.41) is 8.31. The summed E-state index contributed by atoms with van der Waals surface area (Å²) in [6.45, 7) is 16.9. The monoisotopic (exact) mass is 897 g/mol. The molecule has 2 N–H and O–H groups in total. The molecule has 0 amide bonds. The fourth-order valence-corrected chi connectivity index (χ4v) is 8.14. The molecule has 0 unspecified atom stereocenters. The Morgan fingerprint density at radius 3 is 1.86 bits per heavy atom. The number of benzene rings is 1. The molecule has 0 bridgehead atoms. The minimum atomic E-state index is -4.67. The maximum absolute atomic E-state index is 12.9. The lowest BCUT2D eigenvalue weighted by molar-refractivity contribution is -0.925. The number of quaternary nitrogens is 1. The molecule has 0 fully saturated rings. The number of likely N-dealkylation sites (N-methyl/N-ethyl adjacent to an activating group) is 2. The van der Waals surface area contributed by atoms with Crippen LogP contribution in [0.4, 0.5) is 16.4 Å². The SMILES string of the molecule is CCOC(=O)c1sc(N=Nc2ccc(N(CC)CCOCCOCCOCCOCC[N+](CC)(CC)CCCS(=O)(=O)O)cc2OC)c(C(=O)OCC)c1CS(=O)(=O)O. The summed E-state index contributed by atoms with van der Waals surface area (Å²) >= 11 is 0.689. The largest absolute Gasteiger partial charge is 0.494 e. The van der Waals surface area contributed by atoms with Crippen molar-refractivity contribution in [1.29, 1.82) is 0 Å². The summed E-state index contributed by atoms with van der Waals surface area (Å²) in [4.78, 5) is 27.5. The highest BCUT2D eigenvalue weighted by atomic mass is 32.2. The number of carbonyl (C=O) groups is 2. The molecule has 0 aliphatic heterocycles. The molecule has 0 saturated carbocycles. The number of nitrogens with zero attached hydrogens (tertiary/aromatic N) is 4. The van der Waals surface area contributed by atoms with E-state index in [1.54, 1.807) is 26.0 Å². The van der Waals surface area contributed by atoms with Crippen LogP contribution in [0, 0.1) is 0 Å². The minimum absolute atomic E-state index is 0.0157. The summed E-state index contributed by atoms with van der Waals surface area (Å²) in [5.41, 5.74) is 0.494. The second-order valence-corrected chi connectivity index (χ2v) is 16.9. The fourth-order valence-electron chi connectivity index (χ4n) is 5.88. The van der Waals surface area contributed by atoms with Gasteiger partial charge in [0, 0.05) is 36.8 Å². The number of carbonyl (C=O) groups excluding carboxylic acids is 2. The summed E-state index contributed by atoms with van der Waals surface area (Å²) in [6.07, 6.45) is 0.397. The van der Waals surface area contributed by atoms with E-state index in [1.807, 2.05) is 13.0 Å². The van der Waals surface area contributed by atoms with Gasteiger partial charge < -0.3 is 42.5 Å². The van der Waals surface area contributed by atoms with E-state index in [4.69, 9.17) is 37.7 Å². The molecule has 2 aromatic rings. The van der Waals surface area contributed by atoms with Gasteiger partial charge in [-0.05, 0) is 46.8 Å². The van der Waals surface area contributed by atoms with Gasteiger partial charge in [0.25, 0.3) is 20.2 Å². The van der Waals surface area contributed by atoms with Crippen LogP contribution in [0.3, 0.4) is 0 Å². The molecule has 1 heterocycles. The summed E-state index contributed by atoms with van der Waals surface area (Å²) < 4.78 is 104. The first-order chi connectivity index (χ1) is 28.1. The Labute approximate surface area is 352 Å². The summed E-state index contributed by atoms with van der Waals surface area (Å²) in [5.74, 6) is -2.75. The summed E-state index contributed by atoms with van der Waals surface area (Å²) in [6, 6.07) is 5.23. The Hall–Kier alpha value is -3.32. The van der Waals surface area contributed by atoms with Crippen LogP contribution in [0.5, 0.6) is 5.75 Å². The molecule has 19 nitrogen and oxygen atoms in total. The summed E-state index contributed by atoms with van der Waals surface area (Å²) in [7, 11) is -7.17. The minimum Gasteiger partial charge on any atom is -0.494 e. The van der Waals surface area contributed by atoms with Crippen molar-refractivity contribution in [3.8, 4) is 5.75 Å². The molecule has 1 aromatic heterocycles. The molecule has 336 valence electrons. The van der Waals surface area contributed by atoms with Gasteiger partial charge in [0.1, 0.15) is 34.2 Å². The first-order valence-corrected chi connectivity index (χ1v) is 23.5. The predicted octanol–water partition coefficient (Wildman–Crippen LogP) is 4.94. The van der Waals surface area contributed by atoms with Gasteiger partial charge in [0.05, 0.1) is 98.6 Å². The average Bonchev–Trinajstić information content (AvgIpc) is 3.54. The van der Waals surface area contributed by atoms with E-state index in [2.05, 4.69) is 29.0 Å². The average molecular weight is 898 g/mol. The zero-order chi connectivity index (χ0) is 43.9. The van der Waals surface area contributed by atoms with Crippen LogP contribution < -0.4 is 9.64 Å². The van der Waals surface area contributed by atoms with Crippen LogP contribution >= 0.6 is 11.3 Å². The second-order valence-electron chi connectivity index (χ2n) is 12.9. The van der Waals surface area contributed by atoms with Crippen LogP contribution in [-0.2, 0) is 54.4 Å². The van der Waals surface area contributed by atoms with E-state index in [-0.39, 0.29) is 45.7 Å². The Bertz CT molecular complexity index is 1840. The number of esters is 2. The van der Waals surface area contributed by atoms with Gasteiger partial charge in [-0.2, -0.15) is 16.8 Å². The number of thiophene rings is 1. The highest BCUT2D eigenvalue weighted by molar-refractivity contribution is 7.85. The zero-order valence-corrected chi connectivity index (χ0v) is 37.3. The van der Waals surface area contributed by atoms with Gasteiger partial charge in [-0.25, -0.2) is 9.59 Å². The van der Waals surface area contributed by atoms with Crippen LogP contribution in [-0.4, -0.2) is 161 Å². The molecule has 2 rings (SSSR count). The number of ether oxygens (including phenoxy) is 7. The number of hydrogen-bond acceptors (Lipinski definition) is 17. The number of azo groups is 1. The first-order valence-electron chi connectivity index (χ1n) is 19.5. The molecule has 0 saturated heterocycles. The third-order valence-corrected chi connectivity index (χ3v) is 11.7. The quantitative estimate of drug-likeness (QED) is 0.0325. The van der Waals surface area contributed by atoms with Crippen molar-refractivity contribution in [3.05, 3.63) is 34.2 Å². The number of anilines is 1. The van der Waals surface area contributed by atoms with Crippen molar-refractivity contribution in [3.63, 3.8) is 0 Å². The second kappa shape index (κ2) is 26.8. The Balaban J connectivity index is 1.85. The van der Waals surface area contributed by atoms with Gasteiger partial charge in [-0.1, -0.05) is 0 Å². The van der Waals surface area contributed by atoms with E-state index >= 15 is 0 Å². The molecular weight excluding hydrogens is 837 g/mol. The fraction of sp³-hybridized carbons (Fsp3) is 0.676. The van der Waals surface area contributed by atoms with Crippen LogP contribution in [0.1, 0.15) is 66.6 Å². The molecule has 0 spiro atoms. The van der Waals surface area contributed by atoms with Gasteiger partial charge in [-0.3, -0.25) is 9.11 Å². The third kappa shape index (κ3) is 18.9. The van der Waals surface area contributed by atoms with Crippen molar-refractivity contribution in [2.45, 2.75) is 46.8 Å². The zero-order valence-electron chi connectivity index (χ0n) is 34.9. The Morgan fingerprint density at radius 1 is 0.763 bits per heavy atom. The molecular formula is C37H61N4O15S3+. The maximum atomic E-state index is 12.9. The van der Waals surface area contributed by atoms with Gasteiger partial charge in [0.2, 0.25) is 0 Å². The number of methoxy groups -OCH3 is 1. The number of rotatable bonds is 32. The Morgan fingerprint density at radius 2 is 1.34 bits per heavy atom. The molecule has 59 heavy (non-hydrogen) atoms. The third-order valence-electron chi connectivity index (χ3n) is 9.12. The van der Waals surface area contributed by atoms with Gasteiger partial charge in [-0.15, -0.1) is 21.6 Å². The molecule has 1 aromatic carbocycles. The van der Waals surface area contributed by atoms with E-state index in [1.165, 1.54) is 7.11 Å². The highest BCUT2D eigenvalue weighted by Gasteiger charge is 2.32. The lowest BCUT2D eigenvalue weighted by atomic mass is 10.1. The van der Waals surface area contributed by atoms with Crippen molar-refractivity contribution < 1.29 is 73.2 Å². The van der Waals surface area contributed by atoms with E-state index < -0.39 is 37.9 Å². The smallest absolute Gasteiger partial charge is 0.348 e. The van der Waals surface area contributed by atoms with Crippen LogP contribution in [0.15, 0.2) is 28.4 Å². The topological polar surface area (TPSA) is 235 Å². The van der Waals surface area contributed by atoms with Crippen molar-refractivity contribution in [2.75, 3.05) is 123 Å². The predicted molar refractivity (Wildman–Crippen MR) is 222 cm³/mol.